The number of likely N-dealkylation sites (N-methyl/N-ethyl adjacent to an activating group) is 1. The number of pyridine rings is 1. The predicted molar refractivity (Wildman–Crippen MR) is 100.0 cm³/mol. The third-order valence-electron chi connectivity index (χ3n) is 5.57. The van der Waals surface area contributed by atoms with Crippen molar-refractivity contribution in [2.24, 2.45) is 0 Å². The minimum Gasteiger partial charge on any atom is -0.352 e. The van der Waals surface area contributed by atoms with Crippen molar-refractivity contribution in [1.82, 2.24) is 14.8 Å². The number of fused-ring (bicyclic) bond motifs is 2. The summed E-state index contributed by atoms with van der Waals surface area (Å²) in [6.07, 6.45) is 1.84. The van der Waals surface area contributed by atoms with E-state index in [4.69, 9.17) is 4.74 Å². The van der Waals surface area contributed by atoms with E-state index in [1.165, 1.54) is 17.2 Å². The first kappa shape index (κ1) is 18.6. The number of aromatic nitrogens is 1. The molecule has 2 aliphatic rings. The lowest BCUT2D eigenvalue weighted by atomic mass is 9.83. The molecule has 1 fully saturated rings. The first-order valence-corrected chi connectivity index (χ1v) is 9.30. The van der Waals surface area contributed by atoms with Crippen LogP contribution >= 0.6 is 0 Å². The van der Waals surface area contributed by atoms with E-state index in [0.717, 1.165) is 17.2 Å². The van der Waals surface area contributed by atoms with Crippen LogP contribution in [0.5, 0.6) is 0 Å². The maximum atomic E-state index is 13.3. The van der Waals surface area contributed by atoms with E-state index in [1.54, 1.807) is 19.0 Å². The van der Waals surface area contributed by atoms with Gasteiger partial charge in [-0.15, -0.1) is 0 Å². The highest BCUT2D eigenvalue weighted by atomic mass is 19.1. The van der Waals surface area contributed by atoms with Gasteiger partial charge in [-0.25, -0.2) is 4.98 Å². The number of amides is 2. The van der Waals surface area contributed by atoms with Crippen molar-refractivity contribution in [3.8, 4) is 0 Å². The maximum Gasteiger partial charge on any atom is 0.255 e. The largest absolute Gasteiger partial charge is 0.352 e. The monoisotopic (exact) mass is 383 g/mol. The van der Waals surface area contributed by atoms with E-state index in [2.05, 4.69) is 4.98 Å². The normalized spacial score (nSPS) is 20.1. The van der Waals surface area contributed by atoms with Gasteiger partial charge in [-0.1, -0.05) is 24.3 Å². The molecule has 6 nitrogen and oxygen atoms in total. The second kappa shape index (κ2) is 6.98. The molecule has 4 rings (SSSR count). The van der Waals surface area contributed by atoms with Gasteiger partial charge >= 0.3 is 0 Å². The molecule has 2 amide bonds. The first-order chi connectivity index (χ1) is 13.4. The summed E-state index contributed by atoms with van der Waals surface area (Å²) in [5, 5.41) is 0. The topological polar surface area (TPSA) is 62.7 Å². The third kappa shape index (κ3) is 3.05. The number of halogens is 1. The Bertz CT molecular complexity index is 923. The number of nitrogens with zero attached hydrogens (tertiary/aromatic N) is 3. The second-order valence-electron chi connectivity index (χ2n) is 7.47. The van der Waals surface area contributed by atoms with E-state index in [-0.39, 0.29) is 17.4 Å². The number of hydrogen-bond donors (Lipinski definition) is 0. The molecule has 0 N–H and O–H groups in total. The van der Waals surface area contributed by atoms with Crippen molar-refractivity contribution in [2.45, 2.75) is 24.5 Å². The van der Waals surface area contributed by atoms with Crippen molar-refractivity contribution in [2.75, 3.05) is 27.2 Å². The summed E-state index contributed by atoms with van der Waals surface area (Å²) < 4.78 is 19.7. The van der Waals surface area contributed by atoms with E-state index >= 15 is 0 Å². The Hall–Kier alpha value is -2.80. The molecular formula is C21H22FN3O3. The molecule has 2 aromatic rings. The highest BCUT2D eigenvalue weighted by Gasteiger charge is 2.49. The van der Waals surface area contributed by atoms with Crippen molar-refractivity contribution < 1.29 is 18.7 Å². The molecule has 28 heavy (non-hydrogen) atoms. The van der Waals surface area contributed by atoms with Crippen molar-refractivity contribution >= 4 is 11.8 Å². The smallest absolute Gasteiger partial charge is 0.255 e. The van der Waals surface area contributed by atoms with E-state index in [9.17, 15) is 14.0 Å². The van der Waals surface area contributed by atoms with Gasteiger partial charge in [-0.2, -0.15) is 4.39 Å². The molecule has 7 heteroatoms. The second-order valence-corrected chi connectivity index (χ2v) is 7.47. The number of ether oxygens (including phenoxy) is 1. The molecule has 1 aromatic carbocycles. The molecule has 1 saturated heterocycles. The third-order valence-corrected chi connectivity index (χ3v) is 5.57. The summed E-state index contributed by atoms with van der Waals surface area (Å²) in [7, 11) is 3.43. The van der Waals surface area contributed by atoms with Crippen LogP contribution in [0.25, 0.3) is 0 Å². The Kier molecular flexibility index (Phi) is 4.63. The zero-order valence-corrected chi connectivity index (χ0v) is 15.9. The molecule has 0 bridgehead atoms. The quantitative estimate of drug-likeness (QED) is 0.748. The molecule has 1 atom stereocenters. The number of benzene rings is 1. The van der Waals surface area contributed by atoms with Gasteiger partial charge in [0.1, 0.15) is 0 Å². The Morgan fingerprint density at radius 1 is 1.21 bits per heavy atom. The SMILES string of the molecule is CN(C)C(=O)[C@@H]1OC2(CCN(C(=O)c3ccnc(F)c3)CC2)c2ccccc21. The van der Waals surface area contributed by atoms with Crippen LogP contribution < -0.4 is 0 Å². The van der Waals surface area contributed by atoms with Crippen molar-refractivity contribution in [3.05, 3.63) is 65.2 Å². The van der Waals surface area contributed by atoms with Crippen molar-refractivity contribution in [1.29, 1.82) is 0 Å². The Labute approximate surface area is 162 Å². The van der Waals surface area contributed by atoms with Crippen LogP contribution in [0.15, 0.2) is 42.6 Å². The van der Waals surface area contributed by atoms with Gasteiger partial charge in [0.05, 0.1) is 5.60 Å². The van der Waals surface area contributed by atoms with Crippen LogP contribution in [-0.4, -0.2) is 53.8 Å². The summed E-state index contributed by atoms with van der Waals surface area (Å²) >= 11 is 0. The van der Waals surface area contributed by atoms with Crippen LogP contribution in [0.3, 0.4) is 0 Å². The fraction of sp³-hybridized carbons (Fsp3) is 0.381. The number of carbonyl (C=O) groups is 2. The number of piperidine rings is 1. The lowest BCUT2D eigenvalue weighted by molar-refractivity contribution is -0.157. The van der Waals surface area contributed by atoms with Crippen LogP contribution in [0.2, 0.25) is 0 Å². The standard InChI is InChI=1S/C21H22FN3O3/c1-24(2)20(27)18-15-5-3-4-6-16(15)21(28-18)8-11-25(12-9-21)19(26)14-7-10-23-17(22)13-14/h3-7,10,13,18H,8-9,11-12H2,1-2H3/t18-/m1/s1. The summed E-state index contributed by atoms with van der Waals surface area (Å²) in [6, 6.07) is 10.5. The van der Waals surface area contributed by atoms with Crippen molar-refractivity contribution in [3.63, 3.8) is 0 Å². The minimum atomic E-state index is -0.669. The molecule has 146 valence electrons. The van der Waals surface area contributed by atoms with Crippen LogP contribution in [0.1, 0.15) is 40.4 Å². The summed E-state index contributed by atoms with van der Waals surface area (Å²) in [4.78, 5) is 32.0. The first-order valence-electron chi connectivity index (χ1n) is 9.30. The van der Waals surface area contributed by atoms with E-state index in [1.807, 2.05) is 24.3 Å². The summed E-state index contributed by atoms with van der Waals surface area (Å²) in [5.74, 6) is -0.976. The molecule has 3 heterocycles. The van der Waals surface area contributed by atoms with Gasteiger partial charge in [0.2, 0.25) is 5.95 Å². The Morgan fingerprint density at radius 3 is 2.61 bits per heavy atom. The number of likely N-dealkylation sites (tertiary alicyclic amines) is 1. The summed E-state index contributed by atoms with van der Waals surface area (Å²) in [6.45, 7) is 0.944. The molecule has 2 aliphatic heterocycles. The van der Waals surface area contributed by atoms with Gasteiger partial charge < -0.3 is 14.5 Å². The van der Waals surface area contributed by atoms with Crippen LogP contribution in [-0.2, 0) is 15.1 Å². The highest BCUT2D eigenvalue weighted by Crippen LogP contribution is 2.49. The van der Waals surface area contributed by atoms with Gasteiger partial charge in [0.25, 0.3) is 11.8 Å². The average Bonchev–Trinajstić information content (AvgIpc) is 3.02. The number of hydrogen-bond acceptors (Lipinski definition) is 4. The molecule has 1 aromatic heterocycles. The van der Waals surface area contributed by atoms with Gasteiger partial charge in [-0.05, 0) is 30.0 Å². The fourth-order valence-corrected chi connectivity index (χ4v) is 4.09. The number of rotatable bonds is 2. The van der Waals surface area contributed by atoms with E-state index in [0.29, 0.717) is 25.9 Å². The number of carbonyl (C=O) groups excluding carboxylic acids is 2. The minimum absolute atomic E-state index is 0.0879. The van der Waals surface area contributed by atoms with Crippen LogP contribution in [0, 0.1) is 5.95 Å². The van der Waals surface area contributed by atoms with E-state index < -0.39 is 17.7 Å². The zero-order valence-electron chi connectivity index (χ0n) is 15.9. The average molecular weight is 383 g/mol. The molecule has 0 saturated carbocycles. The summed E-state index contributed by atoms with van der Waals surface area (Å²) in [5.41, 5.74) is 1.64. The Balaban J connectivity index is 1.55. The maximum absolute atomic E-state index is 13.3. The molecular weight excluding hydrogens is 361 g/mol. The van der Waals surface area contributed by atoms with Gasteiger partial charge in [0.15, 0.2) is 6.10 Å². The molecule has 0 aliphatic carbocycles. The molecule has 1 spiro atoms. The van der Waals surface area contributed by atoms with Gasteiger partial charge in [0, 0.05) is 45.0 Å². The predicted octanol–water partition coefficient (Wildman–Crippen LogP) is 2.51. The Morgan fingerprint density at radius 2 is 1.93 bits per heavy atom. The molecule has 0 unspecified atom stereocenters. The van der Waals surface area contributed by atoms with Crippen LogP contribution in [0.4, 0.5) is 4.39 Å². The lowest BCUT2D eigenvalue weighted by Gasteiger charge is -2.39. The lowest BCUT2D eigenvalue weighted by Crippen LogP contribution is -2.45. The van der Waals surface area contributed by atoms with Gasteiger partial charge in [-0.3, -0.25) is 9.59 Å². The highest BCUT2D eigenvalue weighted by molar-refractivity contribution is 5.94. The fourth-order valence-electron chi connectivity index (χ4n) is 4.09. The molecule has 0 radical (unpaired) electrons. The zero-order chi connectivity index (χ0) is 19.9.